The fourth-order valence-electron chi connectivity index (χ4n) is 4.14. The van der Waals surface area contributed by atoms with Crippen molar-refractivity contribution in [3.63, 3.8) is 0 Å². The van der Waals surface area contributed by atoms with E-state index in [1.807, 2.05) is 0 Å². The lowest BCUT2D eigenvalue weighted by Gasteiger charge is -2.42. The molecule has 1 aliphatic heterocycles. The summed E-state index contributed by atoms with van der Waals surface area (Å²) in [6, 6.07) is 22.1. The fourth-order valence-corrected chi connectivity index (χ4v) is 4.14. The summed E-state index contributed by atoms with van der Waals surface area (Å²) >= 11 is 0. The number of piperazine rings is 1. The first-order valence-corrected chi connectivity index (χ1v) is 10.4. The molecule has 0 bridgehead atoms. The van der Waals surface area contributed by atoms with Crippen molar-refractivity contribution in [2.75, 3.05) is 13.1 Å². The zero-order chi connectivity index (χ0) is 19.9. The zero-order valence-electron chi connectivity index (χ0n) is 16.8. The van der Waals surface area contributed by atoms with Crippen molar-refractivity contribution < 1.29 is 5.73 Å². The standard InChI is InChI=1S/C22H29N7/c23-22-20(13-12-18-8-3-1-4-9-18)26-21(19-10-5-2-6-11-19)16-28(22)14-7-15-29-25-17-24-27-29/h1-6,8-11,17,20-22,26H,7,12-16,23H2/p+1. The smallest absolute Gasteiger partial charge is 0.162 e. The Morgan fingerprint density at radius 2 is 1.76 bits per heavy atom. The van der Waals surface area contributed by atoms with Gasteiger partial charge in [0.1, 0.15) is 0 Å². The lowest BCUT2D eigenvalue weighted by Crippen LogP contribution is -2.79. The first-order valence-electron chi connectivity index (χ1n) is 10.4. The third-order valence-electron chi connectivity index (χ3n) is 5.75. The molecule has 2 aromatic carbocycles. The summed E-state index contributed by atoms with van der Waals surface area (Å²) in [5.41, 5.74) is 7.25. The molecule has 152 valence electrons. The number of quaternary nitrogens is 1. The predicted octanol–water partition coefficient (Wildman–Crippen LogP) is 1.28. The van der Waals surface area contributed by atoms with Crippen molar-refractivity contribution in [1.29, 1.82) is 0 Å². The van der Waals surface area contributed by atoms with Gasteiger partial charge in [-0.25, -0.2) is 0 Å². The molecule has 0 saturated carbocycles. The first kappa shape index (κ1) is 19.7. The molecule has 0 spiro atoms. The van der Waals surface area contributed by atoms with Crippen LogP contribution >= 0.6 is 0 Å². The van der Waals surface area contributed by atoms with Crippen LogP contribution in [0.25, 0.3) is 0 Å². The van der Waals surface area contributed by atoms with Gasteiger partial charge in [0.05, 0.1) is 12.6 Å². The van der Waals surface area contributed by atoms with Gasteiger partial charge >= 0.3 is 0 Å². The van der Waals surface area contributed by atoms with E-state index in [9.17, 15) is 0 Å². The minimum Gasteiger partial charge on any atom is -0.341 e. The number of aromatic nitrogens is 4. The molecule has 3 unspecified atom stereocenters. The molecule has 1 aromatic heterocycles. The zero-order valence-corrected chi connectivity index (χ0v) is 16.8. The Balaban J connectivity index is 1.42. The number of rotatable bonds is 8. The molecule has 0 amide bonds. The SMILES string of the molecule is [NH3+]C1C(CCc2ccccc2)NC(c2ccccc2)CN1CCCn1ncnn1. The molecule has 1 saturated heterocycles. The van der Waals surface area contributed by atoms with Crippen LogP contribution in [0.3, 0.4) is 0 Å². The second-order valence-electron chi connectivity index (χ2n) is 7.71. The highest BCUT2D eigenvalue weighted by Crippen LogP contribution is 2.23. The molecule has 1 fully saturated rings. The van der Waals surface area contributed by atoms with E-state index in [0.717, 1.165) is 38.9 Å². The van der Waals surface area contributed by atoms with E-state index >= 15 is 0 Å². The van der Waals surface area contributed by atoms with Crippen molar-refractivity contribution in [1.82, 2.24) is 30.4 Å². The van der Waals surface area contributed by atoms with E-state index in [1.165, 1.54) is 17.5 Å². The molecule has 7 nitrogen and oxygen atoms in total. The number of aryl methyl sites for hydroxylation is 2. The Morgan fingerprint density at radius 3 is 2.48 bits per heavy atom. The third-order valence-corrected chi connectivity index (χ3v) is 5.75. The minimum atomic E-state index is 0.238. The van der Waals surface area contributed by atoms with Gasteiger partial charge in [-0.1, -0.05) is 60.7 Å². The number of benzene rings is 2. The van der Waals surface area contributed by atoms with Gasteiger partial charge in [0.25, 0.3) is 0 Å². The van der Waals surface area contributed by atoms with Gasteiger partial charge in [0.2, 0.25) is 0 Å². The van der Waals surface area contributed by atoms with E-state index in [1.54, 1.807) is 4.80 Å². The molecule has 1 aliphatic rings. The summed E-state index contributed by atoms with van der Waals surface area (Å²) in [7, 11) is 0. The van der Waals surface area contributed by atoms with E-state index in [2.05, 4.69) is 92.0 Å². The van der Waals surface area contributed by atoms with Crippen LogP contribution in [0.15, 0.2) is 67.0 Å². The van der Waals surface area contributed by atoms with Crippen LogP contribution in [-0.2, 0) is 13.0 Å². The van der Waals surface area contributed by atoms with Crippen molar-refractivity contribution in [2.45, 2.75) is 44.1 Å². The average Bonchev–Trinajstić information content (AvgIpc) is 3.29. The largest absolute Gasteiger partial charge is 0.341 e. The van der Waals surface area contributed by atoms with Crippen LogP contribution in [0, 0.1) is 0 Å². The first-order chi connectivity index (χ1) is 14.3. The van der Waals surface area contributed by atoms with Crippen molar-refractivity contribution >= 4 is 0 Å². The molecule has 3 atom stereocenters. The Morgan fingerprint density at radius 1 is 1.00 bits per heavy atom. The van der Waals surface area contributed by atoms with Gasteiger partial charge in [-0.05, 0) is 35.6 Å². The maximum absolute atomic E-state index is 4.53. The highest BCUT2D eigenvalue weighted by molar-refractivity contribution is 5.21. The minimum absolute atomic E-state index is 0.238. The van der Waals surface area contributed by atoms with Gasteiger partial charge in [-0.2, -0.15) is 4.80 Å². The molecule has 2 heterocycles. The number of nitrogens with zero attached hydrogens (tertiary/aromatic N) is 5. The van der Waals surface area contributed by atoms with Crippen LogP contribution < -0.4 is 11.1 Å². The van der Waals surface area contributed by atoms with Gasteiger partial charge < -0.3 is 5.73 Å². The summed E-state index contributed by atoms with van der Waals surface area (Å²) in [4.78, 5) is 4.17. The lowest BCUT2D eigenvalue weighted by molar-refractivity contribution is -0.470. The third kappa shape index (κ3) is 5.26. The van der Waals surface area contributed by atoms with E-state index in [-0.39, 0.29) is 6.17 Å². The van der Waals surface area contributed by atoms with Gasteiger partial charge in [-0.15, -0.1) is 10.2 Å². The predicted molar refractivity (Wildman–Crippen MR) is 112 cm³/mol. The van der Waals surface area contributed by atoms with Crippen LogP contribution in [0.4, 0.5) is 0 Å². The molecule has 0 radical (unpaired) electrons. The Labute approximate surface area is 171 Å². The van der Waals surface area contributed by atoms with E-state index < -0.39 is 0 Å². The molecule has 29 heavy (non-hydrogen) atoms. The van der Waals surface area contributed by atoms with E-state index in [0.29, 0.717) is 12.1 Å². The summed E-state index contributed by atoms with van der Waals surface area (Å²) in [6.45, 7) is 2.72. The number of tetrazole rings is 1. The number of nitrogens with one attached hydrogen (secondary N) is 1. The van der Waals surface area contributed by atoms with Crippen LogP contribution in [0.1, 0.15) is 30.0 Å². The topological polar surface area (TPSA) is 86.5 Å². The maximum atomic E-state index is 4.53. The lowest BCUT2D eigenvalue weighted by atomic mass is 9.95. The van der Waals surface area contributed by atoms with Crippen LogP contribution in [0.5, 0.6) is 0 Å². The van der Waals surface area contributed by atoms with E-state index in [4.69, 9.17) is 0 Å². The maximum Gasteiger partial charge on any atom is 0.162 e. The fraction of sp³-hybridized carbons (Fsp3) is 0.409. The van der Waals surface area contributed by atoms with Crippen molar-refractivity contribution in [2.24, 2.45) is 0 Å². The summed E-state index contributed by atoms with van der Waals surface area (Å²) < 4.78 is 0. The number of hydrogen-bond donors (Lipinski definition) is 2. The van der Waals surface area contributed by atoms with Gasteiger partial charge in [0, 0.05) is 19.1 Å². The summed E-state index contributed by atoms with van der Waals surface area (Å²) in [5, 5.41) is 15.7. The van der Waals surface area contributed by atoms with Crippen molar-refractivity contribution in [3.05, 3.63) is 78.1 Å². The second kappa shape index (κ2) is 9.73. The molecule has 7 heteroatoms. The molecule has 3 aromatic rings. The Bertz CT molecular complexity index is 838. The van der Waals surface area contributed by atoms with Crippen molar-refractivity contribution in [3.8, 4) is 0 Å². The monoisotopic (exact) mass is 392 g/mol. The van der Waals surface area contributed by atoms with Crippen LogP contribution in [-0.4, -0.2) is 50.4 Å². The molecule has 4 rings (SSSR count). The molecule has 0 aliphatic carbocycles. The second-order valence-corrected chi connectivity index (χ2v) is 7.71. The molecular weight excluding hydrogens is 362 g/mol. The summed E-state index contributed by atoms with van der Waals surface area (Å²) in [6.07, 6.45) is 4.84. The van der Waals surface area contributed by atoms with Gasteiger partial charge in [-0.3, -0.25) is 10.2 Å². The average molecular weight is 393 g/mol. The highest BCUT2D eigenvalue weighted by Gasteiger charge is 2.35. The molecular formula is C22H30N7+. The van der Waals surface area contributed by atoms with Gasteiger partial charge in [0.15, 0.2) is 12.5 Å². The normalized spacial score (nSPS) is 22.6. The summed E-state index contributed by atoms with van der Waals surface area (Å²) in [5.74, 6) is 0. The quantitative estimate of drug-likeness (QED) is 0.603. The van der Waals surface area contributed by atoms with Crippen LogP contribution in [0.2, 0.25) is 0 Å². The molecule has 4 N–H and O–H groups in total. The Hall–Kier alpha value is -2.61. The Kier molecular flexibility index (Phi) is 6.61. The highest BCUT2D eigenvalue weighted by atomic mass is 15.6. The number of hydrogen-bond acceptors (Lipinski definition) is 5.